The molecule has 5 nitrogen and oxygen atoms in total. The summed E-state index contributed by atoms with van der Waals surface area (Å²) in [6, 6.07) is 14.1. The highest BCUT2D eigenvalue weighted by Gasteiger charge is 2.21. The molecule has 162 valence electrons. The molecule has 0 amide bonds. The zero-order chi connectivity index (χ0) is 19.2. The molecule has 1 aliphatic rings. The minimum atomic E-state index is -0.497. The number of methoxy groups -OCH3 is 1. The molecule has 1 heterocycles. The van der Waals surface area contributed by atoms with Crippen LogP contribution < -0.4 is 14.4 Å². The highest BCUT2D eigenvalue weighted by molar-refractivity contribution is 5.85. The molecule has 7 heteroatoms. The Hall–Kier alpha value is -1.66. The number of hydrogen-bond acceptors (Lipinski definition) is 5. The van der Waals surface area contributed by atoms with Gasteiger partial charge in [-0.15, -0.1) is 24.8 Å². The third-order valence-electron chi connectivity index (χ3n) is 5.25. The van der Waals surface area contributed by atoms with Crippen molar-refractivity contribution in [3.63, 3.8) is 0 Å². The molecule has 0 bridgehead atoms. The molecule has 2 aromatic rings. The maximum Gasteiger partial charge on any atom is 0.142 e. The summed E-state index contributed by atoms with van der Waals surface area (Å²) in [6.07, 6.45) is -0.497. The summed E-state index contributed by atoms with van der Waals surface area (Å²) in [7, 11) is 1.71. The van der Waals surface area contributed by atoms with Gasteiger partial charge in [0, 0.05) is 32.7 Å². The molecule has 2 aromatic carbocycles. The van der Waals surface area contributed by atoms with E-state index in [1.165, 1.54) is 5.56 Å². The zero-order valence-corrected chi connectivity index (χ0v) is 19.0. The third-order valence-corrected chi connectivity index (χ3v) is 5.25. The molecule has 1 unspecified atom stereocenters. The fourth-order valence-corrected chi connectivity index (χ4v) is 3.48. The normalized spacial score (nSPS) is 15.1. The van der Waals surface area contributed by atoms with Crippen molar-refractivity contribution in [1.29, 1.82) is 0 Å². The molecule has 0 spiro atoms. The lowest BCUT2D eigenvalue weighted by molar-refractivity contribution is 0.0660. The Morgan fingerprint density at radius 1 is 0.931 bits per heavy atom. The Balaban J connectivity index is 0.00000210. The second-order valence-corrected chi connectivity index (χ2v) is 7.12. The van der Waals surface area contributed by atoms with Crippen molar-refractivity contribution < 1.29 is 14.6 Å². The first-order valence-corrected chi connectivity index (χ1v) is 9.56. The zero-order valence-electron chi connectivity index (χ0n) is 17.3. The topological polar surface area (TPSA) is 45.2 Å². The number of piperazine rings is 1. The highest BCUT2D eigenvalue weighted by Crippen LogP contribution is 2.28. The number of β-amino-alcohol motifs (C(OH)–C–C–N with tert-alkyl or cyclic N) is 1. The molecule has 3 rings (SSSR count). The van der Waals surface area contributed by atoms with Gasteiger partial charge >= 0.3 is 0 Å². The molecular formula is C22H32Cl2N2O3. The van der Waals surface area contributed by atoms with E-state index >= 15 is 0 Å². The van der Waals surface area contributed by atoms with E-state index in [9.17, 15) is 5.11 Å². The molecular weight excluding hydrogens is 411 g/mol. The molecule has 29 heavy (non-hydrogen) atoms. The predicted octanol–water partition coefficient (Wildman–Crippen LogP) is 3.72. The standard InChI is InChI=1S/C22H30N2O3.2ClH/c1-17-7-6-10-21(18(17)2)27-16-19(25)15-23-11-13-24(14-12-23)20-8-4-5-9-22(20)26-3;;/h4-10,19,25H,11-16H2,1-3H3;2*1H. The number of aliphatic hydroxyl groups excluding tert-OH is 1. The van der Waals surface area contributed by atoms with Gasteiger partial charge in [-0.3, -0.25) is 4.90 Å². The maximum atomic E-state index is 10.4. The molecule has 1 saturated heterocycles. The summed E-state index contributed by atoms with van der Waals surface area (Å²) in [6.45, 7) is 8.74. The van der Waals surface area contributed by atoms with Crippen molar-refractivity contribution in [3.05, 3.63) is 53.6 Å². The predicted molar refractivity (Wildman–Crippen MR) is 124 cm³/mol. The van der Waals surface area contributed by atoms with Crippen LogP contribution in [0.4, 0.5) is 5.69 Å². The second-order valence-electron chi connectivity index (χ2n) is 7.12. The molecule has 1 aliphatic heterocycles. The summed E-state index contributed by atoms with van der Waals surface area (Å²) in [4.78, 5) is 4.64. The summed E-state index contributed by atoms with van der Waals surface area (Å²) in [5.41, 5.74) is 3.48. The van der Waals surface area contributed by atoms with Gasteiger partial charge in [0.05, 0.1) is 12.8 Å². The van der Waals surface area contributed by atoms with Gasteiger partial charge in [-0.25, -0.2) is 0 Å². The van der Waals surface area contributed by atoms with Crippen molar-refractivity contribution in [3.8, 4) is 11.5 Å². The Bertz CT molecular complexity index is 753. The van der Waals surface area contributed by atoms with Crippen molar-refractivity contribution in [2.24, 2.45) is 0 Å². The van der Waals surface area contributed by atoms with Crippen LogP contribution in [0.2, 0.25) is 0 Å². The van der Waals surface area contributed by atoms with Crippen LogP contribution in [0.25, 0.3) is 0 Å². The van der Waals surface area contributed by atoms with E-state index in [0.29, 0.717) is 13.2 Å². The number of ether oxygens (including phenoxy) is 2. The van der Waals surface area contributed by atoms with Gasteiger partial charge < -0.3 is 19.5 Å². The second kappa shape index (κ2) is 12.1. The Morgan fingerprint density at radius 3 is 2.28 bits per heavy atom. The van der Waals surface area contributed by atoms with Crippen LogP contribution >= 0.6 is 24.8 Å². The molecule has 1 atom stereocenters. The molecule has 1 N–H and O–H groups in total. The molecule has 1 fully saturated rings. The van der Waals surface area contributed by atoms with Crippen molar-refractivity contribution in [1.82, 2.24) is 4.90 Å². The lowest BCUT2D eigenvalue weighted by atomic mass is 10.1. The summed E-state index contributed by atoms with van der Waals surface area (Å²) < 4.78 is 11.3. The van der Waals surface area contributed by atoms with Gasteiger partial charge in [-0.05, 0) is 43.2 Å². The highest BCUT2D eigenvalue weighted by atomic mass is 35.5. The van der Waals surface area contributed by atoms with Crippen LogP contribution in [0.1, 0.15) is 11.1 Å². The first-order chi connectivity index (χ1) is 13.1. The number of halogens is 2. The molecule has 0 saturated carbocycles. The van der Waals surface area contributed by atoms with Crippen molar-refractivity contribution >= 4 is 30.5 Å². The molecule has 0 aliphatic carbocycles. The average Bonchev–Trinajstić information content (AvgIpc) is 2.69. The van der Waals surface area contributed by atoms with Crippen LogP contribution in [0.5, 0.6) is 11.5 Å². The summed E-state index contributed by atoms with van der Waals surface area (Å²) in [5, 5.41) is 10.4. The Morgan fingerprint density at radius 2 is 1.59 bits per heavy atom. The number of aliphatic hydroxyl groups is 1. The number of para-hydroxylation sites is 2. The molecule has 0 radical (unpaired) electrons. The van der Waals surface area contributed by atoms with Crippen LogP contribution in [0, 0.1) is 13.8 Å². The van der Waals surface area contributed by atoms with E-state index < -0.39 is 6.10 Å². The van der Waals surface area contributed by atoms with Gasteiger partial charge in [0.25, 0.3) is 0 Å². The monoisotopic (exact) mass is 442 g/mol. The van der Waals surface area contributed by atoms with Crippen LogP contribution in [0.3, 0.4) is 0 Å². The van der Waals surface area contributed by atoms with E-state index in [1.807, 2.05) is 37.3 Å². The van der Waals surface area contributed by atoms with Gasteiger partial charge in [-0.2, -0.15) is 0 Å². The van der Waals surface area contributed by atoms with Crippen LogP contribution in [-0.4, -0.2) is 62.6 Å². The Kier molecular flexibility index (Phi) is 10.6. The average molecular weight is 443 g/mol. The number of aryl methyl sites for hydroxylation is 1. The minimum absolute atomic E-state index is 0. The van der Waals surface area contributed by atoms with Crippen molar-refractivity contribution in [2.75, 3.05) is 51.3 Å². The number of benzene rings is 2. The van der Waals surface area contributed by atoms with E-state index in [2.05, 4.69) is 28.9 Å². The fraction of sp³-hybridized carbons (Fsp3) is 0.455. The van der Waals surface area contributed by atoms with Crippen LogP contribution in [0.15, 0.2) is 42.5 Å². The largest absolute Gasteiger partial charge is 0.495 e. The lowest BCUT2D eigenvalue weighted by Gasteiger charge is -2.37. The van der Waals surface area contributed by atoms with Gasteiger partial charge in [-0.1, -0.05) is 24.3 Å². The van der Waals surface area contributed by atoms with E-state index in [4.69, 9.17) is 9.47 Å². The van der Waals surface area contributed by atoms with E-state index in [0.717, 1.165) is 48.9 Å². The first kappa shape index (κ1) is 25.4. The Labute approximate surface area is 186 Å². The SMILES string of the molecule is COc1ccccc1N1CCN(CC(O)COc2cccc(C)c2C)CC1.Cl.Cl. The smallest absolute Gasteiger partial charge is 0.142 e. The number of nitrogens with zero attached hydrogens (tertiary/aromatic N) is 2. The van der Waals surface area contributed by atoms with Gasteiger partial charge in [0.2, 0.25) is 0 Å². The summed E-state index contributed by atoms with van der Waals surface area (Å²) >= 11 is 0. The van der Waals surface area contributed by atoms with Crippen molar-refractivity contribution in [2.45, 2.75) is 20.0 Å². The van der Waals surface area contributed by atoms with E-state index in [1.54, 1.807) is 7.11 Å². The van der Waals surface area contributed by atoms with Crippen LogP contribution in [-0.2, 0) is 0 Å². The fourth-order valence-electron chi connectivity index (χ4n) is 3.48. The number of hydrogen-bond donors (Lipinski definition) is 1. The van der Waals surface area contributed by atoms with Gasteiger partial charge in [0.15, 0.2) is 0 Å². The third kappa shape index (κ3) is 6.68. The first-order valence-electron chi connectivity index (χ1n) is 9.56. The number of rotatable bonds is 7. The van der Waals surface area contributed by atoms with Gasteiger partial charge in [0.1, 0.15) is 24.2 Å². The summed E-state index contributed by atoms with van der Waals surface area (Å²) in [5.74, 6) is 1.77. The molecule has 0 aromatic heterocycles. The maximum absolute atomic E-state index is 10.4. The quantitative estimate of drug-likeness (QED) is 0.707. The number of anilines is 1. The lowest BCUT2D eigenvalue weighted by Crippen LogP contribution is -2.49. The minimum Gasteiger partial charge on any atom is -0.495 e. The van der Waals surface area contributed by atoms with E-state index in [-0.39, 0.29) is 24.8 Å².